The van der Waals surface area contributed by atoms with E-state index in [1.54, 1.807) is 0 Å². The van der Waals surface area contributed by atoms with Crippen molar-refractivity contribution >= 4 is 29.0 Å². The fraction of sp³-hybridized carbons (Fsp3) is 0.522. The Balaban J connectivity index is 0.00000364. The summed E-state index contributed by atoms with van der Waals surface area (Å²) in [6.45, 7) is 9.06. The highest BCUT2D eigenvalue weighted by Gasteiger charge is 2.15. The highest BCUT2D eigenvalue weighted by molar-refractivity contribution is 6.09. The predicted octanol–water partition coefficient (Wildman–Crippen LogP) is 6.67. The molecule has 0 aliphatic carbocycles. The van der Waals surface area contributed by atoms with Gasteiger partial charge in [0.1, 0.15) is 11.6 Å². The molecule has 2 aromatic rings. The lowest BCUT2D eigenvalue weighted by molar-refractivity contribution is 0.344. The average Bonchev–Trinajstić information content (AvgIpc) is 2.67. The zero-order valence-electron chi connectivity index (χ0n) is 17.1. The lowest BCUT2D eigenvalue weighted by Gasteiger charge is -2.26. The quantitative estimate of drug-likeness (QED) is 0.264. The van der Waals surface area contributed by atoms with Crippen LogP contribution >= 0.6 is 12.4 Å². The van der Waals surface area contributed by atoms with Crippen LogP contribution in [-0.2, 0) is 0 Å². The maximum atomic E-state index is 8.90. The number of nitrogens with one attached hydrogen (secondary N) is 1. The summed E-state index contributed by atoms with van der Waals surface area (Å²) in [5, 5.41) is 11.1. The Morgan fingerprint density at radius 3 is 2.00 bits per heavy atom. The van der Waals surface area contributed by atoms with Gasteiger partial charge in [-0.2, -0.15) is 0 Å². The van der Waals surface area contributed by atoms with Crippen molar-refractivity contribution in [2.75, 3.05) is 19.7 Å². The van der Waals surface area contributed by atoms with E-state index in [2.05, 4.69) is 36.9 Å². The second-order valence-corrected chi connectivity index (χ2v) is 6.84. The minimum Gasteiger partial charge on any atom is -0.493 e. The first kappa shape index (κ1) is 23.3. The molecule has 0 bridgehead atoms. The Hall–Kier alpha value is -1.74. The van der Waals surface area contributed by atoms with Crippen LogP contribution in [0.15, 0.2) is 36.4 Å². The number of ether oxygens (including phenoxy) is 1. The van der Waals surface area contributed by atoms with Gasteiger partial charge in [0.2, 0.25) is 0 Å². The van der Waals surface area contributed by atoms with Crippen LogP contribution in [0.25, 0.3) is 10.8 Å². The van der Waals surface area contributed by atoms with Gasteiger partial charge in [0.25, 0.3) is 0 Å². The van der Waals surface area contributed by atoms with Gasteiger partial charge < -0.3 is 9.64 Å². The Morgan fingerprint density at radius 2 is 1.44 bits per heavy atom. The van der Waals surface area contributed by atoms with E-state index in [1.807, 2.05) is 25.1 Å². The molecular formula is C23H35ClN2O. The number of benzene rings is 2. The van der Waals surface area contributed by atoms with Gasteiger partial charge in [-0.3, -0.25) is 5.41 Å². The van der Waals surface area contributed by atoms with Gasteiger partial charge in [0.15, 0.2) is 0 Å². The summed E-state index contributed by atoms with van der Waals surface area (Å²) in [6.07, 6.45) is 7.17. The lowest BCUT2D eigenvalue weighted by Crippen LogP contribution is -2.33. The molecule has 3 nitrogen and oxygen atoms in total. The number of unbranched alkanes of at least 4 members (excludes halogenated alkanes) is 4. The van der Waals surface area contributed by atoms with Crippen molar-refractivity contribution in [2.24, 2.45) is 0 Å². The molecule has 0 aliphatic rings. The standard InChI is InChI=1S/C23H34N2O.ClH/c1-4-7-11-17-25(18-12-8-5-2)23(24)21-15-16-22(26-6-3)20-14-10-9-13-19(20)21;/h9-10,13-16,24H,4-8,11-12,17-18H2,1-3H3;1H. The molecule has 0 spiro atoms. The minimum absolute atomic E-state index is 0. The Kier molecular flexibility index (Phi) is 10.9. The molecule has 0 atom stereocenters. The third-order valence-corrected chi connectivity index (χ3v) is 4.82. The van der Waals surface area contributed by atoms with Crippen LogP contribution in [0.4, 0.5) is 0 Å². The second kappa shape index (κ2) is 12.6. The van der Waals surface area contributed by atoms with Crippen molar-refractivity contribution in [1.82, 2.24) is 4.90 Å². The van der Waals surface area contributed by atoms with E-state index in [4.69, 9.17) is 10.1 Å². The van der Waals surface area contributed by atoms with Gasteiger partial charge in [0.05, 0.1) is 6.61 Å². The van der Waals surface area contributed by atoms with E-state index in [1.165, 1.54) is 25.7 Å². The van der Waals surface area contributed by atoms with Crippen LogP contribution in [0.5, 0.6) is 5.75 Å². The topological polar surface area (TPSA) is 36.3 Å². The van der Waals surface area contributed by atoms with Gasteiger partial charge in [-0.25, -0.2) is 0 Å². The number of nitrogens with zero attached hydrogens (tertiary/aromatic N) is 1. The molecule has 0 heterocycles. The summed E-state index contributed by atoms with van der Waals surface area (Å²) in [5.74, 6) is 1.56. The first-order chi connectivity index (χ1) is 12.7. The molecule has 0 fully saturated rings. The van der Waals surface area contributed by atoms with Crippen molar-refractivity contribution < 1.29 is 4.74 Å². The monoisotopic (exact) mass is 390 g/mol. The SMILES string of the molecule is CCCCCN(CCCCC)C(=N)c1ccc(OCC)c2ccccc12.Cl. The molecule has 4 heteroatoms. The molecule has 0 radical (unpaired) electrons. The first-order valence-corrected chi connectivity index (χ1v) is 10.2. The summed E-state index contributed by atoms with van der Waals surface area (Å²) < 4.78 is 5.79. The summed E-state index contributed by atoms with van der Waals surface area (Å²) in [4.78, 5) is 2.27. The molecule has 150 valence electrons. The van der Waals surface area contributed by atoms with Crippen LogP contribution in [0, 0.1) is 5.41 Å². The van der Waals surface area contributed by atoms with Crippen molar-refractivity contribution in [3.8, 4) is 5.75 Å². The molecule has 0 aliphatic heterocycles. The summed E-state index contributed by atoms with van der Waals surface area (Å²) in [6, 6.07) is 12.4. The molecule has 0 amide bonds. The third kappa shape index (κ3) is 6.42. The van der Waals surface area contributed by atoms with Crippen molar-refractivity contribution in [2.45, 2.75) is 59.3 Å². The maximum Gasteiger partial charge on any atom is 0.128 e. The van der Waals surface area contributed by atoms with Gasteiger partial charge in [-0.05, 0) is 37.3 Å². The first-order valence-electron chi connectivity index (χ1n) is 10.2. The highest BCUT2D eigenvalue weighted by atomic mass is 35.5. The van der Waals surface area contributed by atoms with Crippen LogP contribution in [0.3, 0.4) is 0 Å². The van der Waals surface area contributed by atoms with Gasteiger partial charge >= 0.3 is 0 Å². The smallest absolute Gasteiger partial charge is 0.128 e. The normalized spacial score (nSPS) is 10.5. The summed E-state index contributed by atoms with van der Waals surface area (Å²) in [5.41, 5.74) is 1.01. The molecule has 0 unspecified atom stereocenters. The molecule has 2 rings (SSSR count). The molecule has 0 saturated heterocycles. The maximum absolute atomic E-state index is 8.90. The van der Waals surface area contributed by atoms with Gasteiger partial charge in [-0.1, -0.05) is 63.8 Å². The third-order valence-electron chi connectivity index (χ3n) is 4.82. The predicted molar refractivity (Wildman–Crippen MR) is 120 cm³/mol. The van der Waals surface area contributed by atoms with E-state index >= 15 is 0 Å². The molecule has 2 aromatic carbocycles. The number of halogens is 1. The average molecular weight is 391 g/mol. The molecular weight excluding hydrogens is 356 g/mol. The number of fused-ring (bicyclic) bond motifs is 1. The molecule has 27 heavy (non-hydrogen) atoms. The van der Waals surface area contributed by atoms with Crippen LogP contribution in [0.1, 0.15) is 64.9 Å². The lowest BCUT2D eigenvalue weighted by atomic mass is 10.0. The van der Waals surface area contributed by atoms with E-state index in [9.17, 15) is 0 Å². The van der Waals surface area contributed by atoms with E-state index in [-0.39, 0.29) is 12.4 Å². The largest absolute Gasteiger partial charge is 0.493 e. The Morgan fingerprint density at radius 1 is 0.852 bits per heavy atom. The fourth-order valence-corrected chi connectivity index (χ4v) is 3.37. The zero-order chi connectivity index (χ0) is 18.8. The van der Waals surface area contributed by atoms with Crippen LogP contribution in [0.2, 0.25) is 0 Å². The number of amidine groups is 1. The molecule has 1 N–H and O–H groups in total. The summed E-state index contributed by atoms with van der Waals surface area (Å²) in [7, 11) is 0. The van der Waals surface area contributed by atoms with E-state index < -0.39 is 0 Å². The van der Waals surface area contributed by atoms with E-state index in [0.29, 0.717) is 12.4 Å². The van der Waals surface area contributed by atoms with Crippen molar-refractivity contribution in [3.63, 3.8) is 0 Å². The Bertz CT molecular complexity index is 692. The highest BCUT2D eigenvalue weighted by Crippen LogP contribution is 2.29. The van der Waals surface area contributed by atoms with Gasteiger partial charge in [0, 0.05) is 24.0 Å². The van der Waals surface area contributed by atoms with Gasteiger partial charge in [-0.15, -0.1) is 12.4 Å². The molecule has 0 aromatic heterocycles. The Labute approximate surface area is 171 Å². The van der Waals surface area contributed by atoms with E-state index in [0.717, 1.165) is 48.0 Å². The van der Waals surface area contributed by atoms with Crippen LogP contribution in [-0.4, -0.2) is 30.4 Å². The molecule has 0 saturated carbocycles. The fourth-order valence-electron chi connectivity index (χ4n) is 3.37. The second-order valence-electron chi connectivity index (χ2n) is 6.84. The number of hydrogen-bond acceptors (Lipinski definition) is 2. The summed E-state index contributed by atoms with van der Waals surface area (Å²) >= 11 is 0. The van der Waals surface area contributed by atoms with Crippen LogP contribution < -0.4 is 4.74 Å². The number of hydrogen-bond donors (Lipinski definition) is 1. The zero-order valence-corrected chi connectivity index (χ0v) is 17.9. The van der Waals surface area contributed by atoms with Crippen molar-refractivity contribution in [3.05, 3.63) is 42.0 Å². The minimum atomic E-state index is 0. The number of rotatable bonds is 11. The van der Waals surface area contributed by atoms with Crippen molar-refractivity contribution in [1.29, 1.82) is 5.41 Å².